The Morgan fingerprint density at radius 1 is 1.21 bits per heavy atom. The summed E-state index contributed by atoms with van der Waals surface area (Å²) in [5.74, 6) is 1.37. The number of nitrogens with zero attached hydrogens (tertiary/aromatic N) is 2. The zero-order valence-electron chi connectivity index (χ0n) is 16.8. The molecule has 4 rings (SSSR count). The summed E-state index contributed by atoms with van der Waals surface area (Å²) < 4.78 is 5.94. The van der Waals surface area contributed by atoms with Crippen LogP contribution in [0.5, 0.6) is 0 Å². The van der Waals surface area contributed by atoms with Crippen LogP contribution in [-0.2, 0) is 19.5 Å². The molecule has 2 aromatic rings. The van der Waals surface area contributed by atoms with E-state index in [1.54, 1.807) is 11.3 Å². The van der Waals surface area contributed by atoms with Crippen LogP contribution >= 0.6 is 11.3 Å². The molecule has 152 valence electrons. The summed E-state index contributed by atoms with van der Waals surface area (Å²) in [7, 11) is 0. The van der Waals surface area contributed by atoms with E-state index in [-0.39, 0.29) is 11.9 Å². The SMILES string of the molecule is CCc1oc(C(=O)NC2CCCN(Cc3cccs3)C2)cc1CN1CCCC1. The number of aryl methyl sites for hydroxylation is 1. The van der Waals surface area contributed by atoms with E-state index < -0.39 is 0 Å². The van der Waals surface area contributed by atoms with Gasteiger partial charge in [0.1, 0.15) is 5.76 Å². The van der Waals surface area contributed by atoms with E-state index in [0.717, 1.165) is 64.3 Å². The largest absolute Gasteiger partial charge is 0.456 e. The van der Waals surface area contributed by atoms with Crippen molar-refractivity contribution in [1.29, 1.82) is 0 Å². The Morgan fingerprint density at radius 3 is 2.79 bits per heavy atom. The Labute approximate surface area is 171 Å². The molecule has 1 amide bonds. The van der Waals surface area contributed by atoms with Gasteiger partial charge in [-0.25, -0.2) is 0 Å². The molecule has 4 heterocycles. The molecule has 5 nitrogen and oxygen atoms in total. The number of likely N-dealkylation sites (tertiary alicyclic amines) is 2. The third-order valence-electron chi connectivity index (χ3n) is 5.83. The lowest BCUT2D eigenvalue weighted by Crippen LogP contribution is -2.47. The van der Waals surface area contributed by atoms with Gasteiger partial charge in [0.2, 0.25) is 0 Å². The van der Waals surface area contributed by atoms with Gasteiger partial charge in [-0.15, -0.1) is 11.3 Å². The predicted molar refractivity (Wildman–Crippen MR) is 113 cm³/mol. The van der Waals surface area contributed by atoms with E-state index in [4.69, 9.17) is 4.42 Å². The van der Waals surface area contributed by atoms with Crippen LogP contribution in [0.2, 0.25) is 0 Å². The number of carbonyl (C=O) groups excluding carboxylic acids is 1. The monoisotopic (exact) mass is 401 g/mol. The smallest absolute Gasteiger partial charge is 0.287 e. The van der Waals surface area contributed by atoms with Crippen molar-refractivity contribution in [3.8, 4) is 0 Å². The Kier molecular flexibility index (Phi) is 6.50. The zero-order chi connectivity index (χ0) is 19.3. The van der Waals surface area contributed by atoms with Gasteiger partial charge in [-0.05, 0) is 62.8 Å². The molecule has 2 aliphatic rings. The van der Waals surface area contributed by atoms with Gasteiger partial charge in [0.15, 0.2) is 5.76 Å². The fraction of sp³-hybridized carbons (Fsp3) is 0.591. The van der Waals surface area contributed by atoms with Crippen molar-refractivity contribution in [1.82, 2.24) is 15.1 Å². The minimum Gasteiger partial charge on any atom is -0.456 e. The van der Waals surface area contributed by atoms with Crippen molar-refractivity contribution in [3.05, 3.63) is 45.5 Å². The molecule has 2 fully saturated rings. The molecule has 0 bridgehead atoms. The normalized spacial score (nSPS) is 21.2. The second-order valence-corrected chi connectivity index (χ2v) is 9.06. The Bertz CT molecular complexity index is 765. The zero-order valence-corrected chi connectivity index (χ0v) is 17.6. The van der Waals surface area contributed by atoms with E-state index in [9.17, 15) is 4.79 Å². The summed E-state index contributed by atoms with van der Waals surface area (Å²) in [6.07, 6.45) is 5.53. The molecule has 2 aromatic heterocycles. The first-order valence-electron chi connectivity index (χ1n) is 10.6. The van der Waals surface area contributed by atoms with E-state index >= 15 is 0 Å². The maximum atomic E-state index is 12.8. The topological polar surface area (TPSA) is 48.7 Å². The molecule has 0 radical (unpaired) electrons. The fourth-order valence-corrected chi connectivity index (χ4v) is 5.14. The molecule has 0 aromatic carbocycles. The molecular formula is C22H31N3O2S. The molecular weight excluding hydrogens is 370 g/mol. The Hall–Kier alpha value is -1.63. The first-order chi connectivity index (χ1) is 13.7. The number of furan rings is 1. The summed E-state index contributed by atoms with van der Waals surface area (Å²) in [4.78, 5) is 19.1. The summed E-state index contributed by atoms with van der Waals surface area (Å²) in [5, 5.41) is 5.34. The number of thiophene rings is 1. The Balaban J connectivity index is 1.35. The van der Waals surface area contributed by atoms with Crippen molar-refractivity contribution >= 4 is 17.2 Å². The molecule has 1 unspecified atom stereocenters. The summed E-state index contributed by atoms with van der Waals surface area (Å²) in [5.41, 5.74) is 1.18. The molecule has 28 heavy (non-hydrogen) atoms. The quantitative estimate of drug-likeness (QED) is 0.765. The molecule has 0 saturated carbocycles. The van der Waals surface area contributed by atoms with Crippen LogP contribution in [0.4, 0.5) is 0 Å². The molecule has 0 spiro atoms. The van der Waals surface area contributed by atoms with Gasteiger partial charge in [0.05, 0.1) is 0 Å². The van der Waals surface area contributed by atoms with Crippen LogP contribution in [0, 0.1) is 0 Å². The van der Waals surface area contributed by atoms with Crippen LogP contribution in [-0.4, -0.2) is 47.9 Å². The standard InChI is InChI=1S/C22H31N3O2S/c1-2-20-17(14-24-9-3-4-10-24)13-21(27-20)22(26)23-18-7-5-11-25(15-18)16-19-8-6-12-28-19/h6,8,12-13,18H,2-5,7,9-11,14-16H2,1H3,(H,23,26). The lowest BCUT2D eigenvalue weighted by atomic mass is 10.1. The number of nitrogens with one attached hydrogen (secondary N) is 1. The van der Waals surface area contributed by atoms with E-state index in [0.29, 0.717) is 5.76 Å². The molecule has 2 aliphatic heterocycles. The van der Waals surface area contributed by atoms with Gasteiger partial charge in [-0.1, -0.05) is 13.0 Å². The first kappa shape index (κ1) is 19.7. The lowest BCUT2D eigenvalue weighted by Gasteiger charge is -2.32. The number of rotatable bonds is 7. The van der Waals surface area contributed by atoms with Gasteiger partial charge < -0.3 is 9.73 Å². The second kappa shape index (κ2) is 9.25. The average molecular weight is 402 g/mol. The average Bonchev–Trinajstić information content (AvgIpc) is 3.44. The Morgan fingerprint density at radius 2 is 2.04 bits per heavy atom. The highest BCUT2D eigenvalue weighted by atomic mass is 32.1. The fourth-order valence-electron chi connectivity index (χ4n) is 4.39. The highest BCUT2D eigenvalue weighted by Crippen LogP contribution is 2.22. The van der Waals surface area contributed by atoms with Crippen molar-refractivity contribution < 1.29 is 9.21 Å². The van der Waals surface area contributed by atoms with Gasteiger partial charge in [-0.2, -0.15) is 0 Å². The predicted octanol–water partition coefficient (Wildman–Crippen LogP) is 3.89. The third-order valence-corrected chi connectivity index (χ3v) is 6.70. The van der Waals surface area contributed by atoms with Crippen molar-refractivity contribution in [3.63, 3.8) is 0 Å². The number of piperidine rings is 1. The summed E-state index contributed by atoms with van der Waals surface area (Å²) in [6, 6.07) is 6.45. The minimum atomic E-state index is -0.0645. The van der Waals surface area contributed by atoms with E-state index in [1.165, 1.54) is 23.3 Å². The molecule has 6 heteroatoms. The van der Waals surface area contributed by atoms with Crippen LogP contribution in [0.1, 0.15) is 59.4 Å². The van der Waals surface area contributed by atoms with Gasteiger partial charge in [0, 0.05) is 42.5 Å². The highest BCUT2D eigenvalue weighted by Gasteiger charge is 2.25. The van der Waals surface area contributed by atoms with Crippen molar-refractivity contribution in [2.75, 3.05) is 26.2 Å². The van der Waals surface area contributed by atoms with Crippen LogP contribution in [0.15, 0.2) is 28.0 Å². The van der Waals surface area contributed by atoms with Crippen LogP contribution in [0.3, 0.4) is 0 Å². The maximum absolute atomic E-state index is 12.8. The van der Waals surface area contributed by atoms with Crippen molar-refractivity contribution in [2.24, 2.45) is 0 Å². The van der Waals surface area contributed by atoms with Gasteiger partial charge in [0.25, 0.3) is 5.91 Å². The number of hydrogen-bond acceptors (Lipinski definition) is 5. The molecule has 1 atom stereocenters. The van der Waals surface area contributed by atoms with Crippen molar-refractivity contribution in [2.45, 2.75) is 58.2 Å². The molecule has 0 aliphatic carbocycles. The van der Waals surface area contributed by atoms with E-state index in [1.807, 2.05) is 6.07 Å². The summed E-state index contributed by atoms with van der Waals surface area (Å²) in [6.45, 7) is 8.28. The van der Waals surface area contributed by atoms with Gasteiger partial charge in [-0.3, -0.25) is 14.6 Å². The lowest BCUT2D eigenvalue weighted by molar-refractivity contribution is 0.0871. The summed E-state index contributed by atoms with van der Waals surface area (Å²) >= 11 is 1.80. The second-order valence-electron chi connectivity index (χ2n) is 8.02. The number of carbonyl (C=O) groups is 1. The van der Waals surface area contributed by atoms with Crippen LogP contribution < -0.4 is 5.32 Å². The highest BCUT2D eigenvalue weighted by molar-refractivity contribution is 7.09. The molecule has 1 N–H and O–H groups in total. The molecule has 2 saturated heterocycles. The first-order valence-corrected chi connectivity index (χ1v) is 11.5. The maximum Gasteiger partial charge on any atom is 0.287 e. The minimum absolute atomic E-state index is 0.0645. The van der Waals surface area contributed by atoms with E-state index in [2.05, 4.69) is 39.6 Å². The number of hydrogen-bond donors (Lipinski definition) is 1. The van der Waals surface area contributed by atoms with Crippen LogP contribution in [0.25, 0.3) is 0 Å². The van der Waals surface area contributed by atoms with Gasteiger partial charge >= 0.3 is 0 Å². The number of amides is 1. The third kappa shape index (κ3) is 4.85.